The van der Waals surface area contributed by atoms with Crippen molar-refractivity contribution in [1.82, 2.24) is 10.2 Å². The second kappa shape index (κ2) is 3.73. The Labute approximate surface area is 69.6 Å². The summed E-state index contributed by atoms with van der Waals surface area (Å²) in [4.78, 5) is 0. The van der Waals surface area contributed by atoms with Gasteiger partial charge in [0, 0.05) is 0 Å². The lowest BCUT2D eigenvalue weighted by Gasteiger charge is -1.90. The average Bonchev–Trinajstić information content (AvgIpc) is 2.37. The molecule has 0 aromatic carbocycles. The Morgan fingerprint density at radius 2 is 2.36 bits per heavy atom. The van der Waals surface area contributed by atoms with Crippen LogP contribution in [-0.2, 0) is 0 Å². The maximum atomic E-state index is 5.26. The van der Waals surface area contributed by atoms with Gasteiger partial charge in [-0.05, 0) is 12.7 Å². The third-order valence-corrected chi connectivity index (χ3v) is 1.81. The van der Waals surface area contributed by atoms with E-state index in [1.54, 1.807) is 11.8 Å². The van der Waals surface area contributed by atoms with Gasteiger partial charge in [0.05, 0.1) is 0 Å². The van der Waals surface area contributed by atoms with Crippen LogP contribution in [0.3, 0.4) is 0 Å². The molecule has 1 aromatic heterocycles. The van der Waals surface area contributed by atoms with Crippen molar-refractivity contribution >= 4 is 11.8 Å². The van der Waals surface area contributed by atoms with E-state index in [-0.39, 0.29) is 6.04 Å². The Morgan fingerprint density at radius 1 is 1.64 bits per heavy atom. The third-order valence-electron chi connectivity index (χ3n) is 1.11. The van der Waals surface area contributed by atoms with Crippen LogP contribution in [0, 0.1) is 0 Å². The van der Waals surface area contributed by atoms with Crippen molar-refractivity contribution < 1.29 is 10.2 Å². The summed E-state index contributed by atoms with van der Waals surface area (Å²) in [7, 11) is 0. The summed E-state index contributed by atoms with van der Waals surface area (Å²) in [5.41, 5.74) is 3.78. The number of nitrogens with zero attached hydrogens (tertiary/aromatic N) is 2. The quantitative estimate of drug-likeness (QED) is 0.677. The molecular weight excluding hydrogens is 162 g/mol. The van der Waals surface area contributed by atoms with Crippen LogP contribution in [0.4, 0.5) is 0 Å². The van der Waals surface area contributed by atoms with Gasteiger partial charge in [-0.2, -0.15) is 0 Å². The number of hydrogen-bond acceptors (Lipinski definition) is 4. The molecule has 3 N–H and O–H groups in total. The molecule has 1 aromatic rings. The predicted molar refractivity (Wildman–Crippen MR) is 42.0 cm³/mol. The molecule has 4 nitrogen and oxygen atoms in total. The molecule has 11 heavy (non-hydrogen) atoms. The van der Waals surface area contributed by atoms with E-state index in [4.69, 9.17) is 4.42 Å². The zero-order valence-electron chi connectivity index (χ0n) is 6.70. The minimum atomic E-state index is 0.0775. The zero-order valence-corrected chi connectivity index (χ0v) is 7.52. The van der Waals surface area contributed by atoms with E-state index in [1.165, 1.54) is 0 Å². The molecular formula is C6H12N3OS+. The molecule has 1 heterocycles. The standard InChI is InChI=1S/C6H11N3OS/c1-3-11-6-9-8-5(10-6)4(2)7/h4H,3,7H2,1-2H3/p+1. The molecule has 0 radical (unpaired) electrons. The highest BCUT2D eigenvalue weighted by Gasteiger charge is 2.11. The summed E-state index contributed by atoms with van der Waals surface area (Å²) in [5, 5.41) is 8.30. The summed E-state index contributed by atoms with van der Waals surface area (Å²) in [6.45, 7) is 3.97. The smallest absolute Gasteiger partial charge is 0.276 e. The summed E-state index contributed by atoms with van der Waals surface area (Å²) in [6, 6.07) is 0.0775. The van der Waals surface area contributed by atoms with Crippen molar-refractivity contribution in [1.29, 1.82) is 0 Å². The largest absolute Gasteiger partial charge is 0.410 e. The van der Waals surface area contributed by atoms with Gasteiger partial charge >= 0.3 is 0 Å². The van der Waals surface area contributed by atoms with Gasteiger partial charge in [-0.1, -0.05) is 18.7 Å². The van der Waals surface area contributed by atoms with Crippen LogP contribution in [0.2, 0.25) is 0 Å². The molecule has 0 saturated carbocycles. The van der Waals surface area contributed by atoms with E-state index in [2.05, 4.69) is 15.9 Å². The molecule has 1 rings (SSSR count). The molecule has 1 atom stereocenters. The first kappa shape index (κ1) is 8.55. The van der Waals surface area contributed by atoms with Gasteiger partial charge in [0.25, 0.3) is 11.1 Å². The molecule has 0 spiro atoms. The number of quaternary nitrogens is 1. The highest BCUT2D eigenvalue weighted by atomic mass is 32.2. The fraction of sp³-hybridized carbons (Fsp3) is 0.667. The lowest BCUT2D eigenvalue weighted by atomic mass is 10.4. The van der Waals surface area contributed by atoms with Crippen molar-refractivity contribution in [3.05, 3.63) is 5.89 Å². The number of rotatable bonds is 3. The van der Waals surface area contributed by atoms with Gasteiger partial charge in [-0.25, -0.2) is 0 Å². The third kappa shape index (κ3) is 2.20. The molecule has 0 bridgehead atoms. The molecule has 1 unspecified atom stereocenters. The summed E-state index contributed by atoms with van der Waals surface area (Å²) in [5.74, 6) is 1.56. The molecule has 0 aliphatic rings. The number of thioether (sulfide) groups is 1. The number of aromatic nitrogens is 2. The Morgan fingerprint density at radius 3 is 2.82 bits per heavy atom. The van der Waals surface area contributed by atoms with Crippen LogP contribution in [0.5, 0.6) is 0 Å². The summed E-state index contributed by atoms with van der Waals surface area (Å²) < 4.78 is 5.26. The van der Waals surface area contributed by atoms with E-state index in [9.17, 15) is 0 Å². The lowest BCUT2D eigenvalue weighted by molar-refractivity contribution is -0.425. The SMILES string of the molecule is CCSc1nnc(C(C)[NH3+])o1. The van der Waals surface area contributed by atoms with Crippen molar-refractivity contribution in [2.45, 2.75) is 25.1 Å². The normalized spacial score (nSPS) is 13.4. The molecule has 0 fully saturated rings. The van der Waals surface area contributed by atoms with Crippen molar-refractivity contribution in [2.24, 2.45) is 0 Å². The lowest BCUT2D eigenvalue weighted by Crippen LogP contribution is -2.51. The number of hydrogen-bond donors (Lipinski definition) is 1. The molecule has 0 saturated heterocycles. The first-order chi connectivity index (χ1) is 5.24. The van der Waals surface area contributed by atoms with E-state index in [1.807, 2.05) is 13.8 Å². The monoisotopic (exact) mass is 174 g/mol. The van der Waals surface area contributed by atoms with Crippen LogP contribution in [0.1, 0.15) is 25.8 Å². The molecule has 0 aliphatic heterocycles. The Bertz CT molecular complexity index is 223. The van der Waals surface area contributed by atoms with Crippen LogP contribution in [0.25, 0.3) is 0 Å². The first-order valence-corrected chi connectivity index (χ1v) is 4.52. The zero-order chi connectivity index (χ0) is 8.27. The van der Waals surface area contributed by atoms with Crippen LogP contribution >= 0.6 is 11.8 Å². The van der Waals surface area contributed by atoms with Gasteiger partial charge in [-0.15, -0.1) is 10.2 Å². The fourth-order valence-electron chi connectivity index (χ4n) is 0.601. The molecule has 5 heteroatoms. The van der Waals surface area contributed by atoms with Crippen LogP contribution in [-0.4, -0.2) is 16.0 Å². The second-order valence-electron chi connectivity index (χ2n) is 2.24. The van der Waals surface area contributed by atoms with Crippen LogP contribution < -0.4 is 5.73 Å². The van der Waals surface area contributed by atoms with Gasteiger partial charge in [0.1, 0.15) is 0 Å². The van der Waals surface area contributed by atoms with Crippen molar-refractivity contribution in [3.8, 4) is 0 Å². The predicted octanol–water partition coefficient (Wildman–Crippen LogP) is 0.485. The van der Waals surface area contributed by atoms with E-state index >= 15 is 0 Å². The van der Waals surface area contributed by atoms with Crippen molar-refractivity contribution in [3.63, 3.8) is 0 Å². The maximum absolute atomic E-state index is 5.26. The van der Waals surface area contributed by atoms with Gasteiger partial charge in [0.2, 0.25) is 0 Å². The van der Waals surface area contributed by atoms with Crippen molar-refractivity contribution in [2.75, 3.05) is 5.75 Å². The summed E-state index contributed by atoms with van der Waals surface area (Å²) in [6.07, 6.45) is 0. The van der Waals surface area contributed by atoms with Crippen LogP contribution in [0.15, 0.2) is 9.64 Å². The minimum absolute atomic E-state index is 0.0775. The van der Waals surface area contributed by atoms with E-state index in [0.717, 1.165) is 5.75 Å². The summed E-state index contributed by atoms with van der Waals surface area (Å²) >= 11 is 1.55. The molecule has 0 aliphatic carbocycles. The molecule has 0 amide bonds. The topological polar surface area (TPSA) is 66.6 Å². The fourth-order valence-corrected chi connectivity index (χ4v) is 1.09. The molecule has 62 valence electrons. The Balaban J connectivity index is 2.66. The highest BCUT2D eigenvalue weighted by Crippen LogP contribution is 2.16. The minimum Gasteiger partial charge on any atom is -0.410 e. The van der Waals surface area contributed by atoms with Gasteiger partial charge < -0.3 is 10.2 Å². The highest BCUT2D eigenvalue weighted by molar-refractivity contribution is 7.99. The van der Waals surface area contributed by atoms with Gasteiger partial charge in [-0.3, -0.25) is 0 Å². The van der Waals surface area contributed by atoms with E-state index < -0.39 is 0 Å². The Kier molecular flexibility index (Phi) is 2.90. The maximum Gasteiger partial charge on any atom is 0.276 e. The van der Waals surface area contributed by atoms with Gasteiger partial charge in [0.15, 0.2) is 6.04 Å². The second-order valence-corrected chi connectivity index (χ2v) is 3.46. The average molecular weight is 174 g/mol. The first-order valence-electron chi connectivity index (χ1n) is 3.53. The van der Waals surface area contributed by atoms with E-state index in [0.29, 0.717) is 11.1 Å². The Hall–Kier alpha value is -0.550.